The quantitative estimate of drug-likeness (QED) is 0.881. The Balaban J connectivity index is 2.11. The first-order chi connectivity index (χ1) is 11.0. The Labute approximate surface area is 136 Å². The SMILES string of the molecule is COc1ccccc1C(CNC(=O)c1cnc(C)cn1)N(C)C. The van der Waals surface area contributed by atoms with Gasteiger partial charge in [-0.05, 0) is 27.1 Å². The molecule has 122 valence electrons. The number of hydrogen-bond donors (Lipinski definition) is 1. The van der Waals surface area contributed by atoms with Crippen molar-refractivity contribution in [2.24, 2.45) is 0 Å². The van der Waals surface area contributed by atoms with Crippen LogP contribution in [0, 0.1) is 6.92 Å². The largest absolute Gasteiger partial charge is 0.496 e. The van der Waals surface area contributed by atoms with Gasteiger partial charge in [0.25, 0.3) is 5.91 Å². The molecule has 23 heavy (non-hydrogen) atoms. The van der Waals surface area contributed by atoms with E-state index in [9.17, 15) is 4.79 Å². The average molecular weight is 314 g/mol. The highest BCUT2D eigenvalue weighted by Crippen LogP contribution is 2.27. The number of aromatic nitrogens is 2. The lowest BCUT2D eigenvalue weighted by molar-refractivity contribution is 0.0936. The van der Waals surface area contributed by atoms with E-state index in [2.05, 4.69) is 15.3 Å². The molecule has 0 bridgehead atoms. The number of nitrogens with zero attached hydrogens (tertiary/aromatic N) is 3. The number of carbonyl (C=O) groups excluding carboxylic acids is 1. The molecular formula is C17H22N4O2. The smallest absolute Gasteiger partial charge is 0.271 e. The van der Waals surface area contributed by atoms with E-state index in [4.69, 9.17) is 4.74 Å². The van der Waals surface area contributed by atoms with Crippen molar-refractivity contribution in [2.75, 3.05) is 27.7 Å². The number of likely N-dealkylation sites (N-methyl/N-ethyl adjacent to an activating group) is 1. The molecule has 1 N–H and O–H groups in total. The molecule has 0 saturated heterocycles. The molecule has 1 aromatic heterocycles. The Morgan fingerprint density at radius 2 is 2.00 bits per heavy atom. The van der Waals surface area contributed by atoms with Crippen LogP contribution >= 0.6 is 0 Å². The van der Waals surface area contributed by atoms with Crippen LogP contribution in [0.25, 0.3) is 0 Å². The summed E-state index contributed by atoms with van der Waals surface area (Å²) in [6.07, 6.45) is 3.07. The average Bonchev–Trinajstić information content (AvgIpc) is 2.55. The van der Waals surface area contributed by atoms with E-state index in [0.29, 0.717) is 12.2 Å². The number of carbonyl (C=O) groups is 1. The van der Waals surface area contributed by atoms with Gasteiger partial charge < -0.3 is 15.0 Å². The number of methoxy groups -OCH3 is 1. The van der Waals surface area contributed by atoms with Gasteiger partial charge in [0.05, 0.1) is 25.0 Å². The van der Waals surface area contributed by atoms with Crippen LogP contribution in [0.3, 0.4) is 0 Å². The molecule has 0 radical (unpaired) electrons. The number of amides is 1. The zero-order chi connectivity index (χ0) is 16.8. The van der Waals surface area contributed by atoms with Crippen molar-refractivity contribution in [3.05, 3.63) is 53.6 Å². The van der Waals surface area contributed by atoms with Crippen LogP contribution in [0.15, 0.2) is 36.7 Å². The molecule has 2 aromatic rings. The summed E-state index contributed by atoms with van der Waals surface area (Å²) < 4.78 is 5.42. The maximum absolute atomic E-state index is 12.2. The minimum Gasteiger partial charge on any atom is -0.496 e. The van der Waals surface area contributed by atoms with Crippen molar-refractivity contribution in [1.82, 2.24) is 20.2 Å². The maximum Gasteiger partial charge on any atom is 0.271 e. The van der Waals surface area contributed by atoms with Gasteiger partial charge in [0.2, 0.25) is 0 Å². The second-order valence-corrected chi connectivity index (χ2v) is 5.47. The Morgan fingerprint density at radius 3 is 2.61 bits per heavy atom. The summed E-state index contributed by atoms with van der Waals surface area (Å²) in [4.78, 5) is 22.4. The number of ether oxygens (including phenoxy) is 1. The zero-order valence-corrected chi connectivity index (χ0v) is 13.9. The fraction of sp³-hybridized carbons (Fsp3) is 0.353. The lowest BCUT2D eigenvalue weighted by Gasteiger charge is -2.26. The molecule has 0 aliphatic rings. The van der Waals surface area contributed by atoms with E-state index in [1.165, 1.54) is 6.20 Å². The fourth-order valence-electron chi connectivity index (χ4n) is 2.30. The maximum atomic E-state index is 12.2. The summed E-state index contributed by atoms with van der Waals surface area (Å²) in [6.45, 7) is 2.28. The third-order valence-electron chi connectivity index (χ3n) is 3.59. The summed E-state index contributed by atoms with van der Waals surface area (Å²) in [5, 5.41) is 2.91. The van der Waals surface area contributed by atoms with Gasteiger partial charge in [-0.15, -0.1) is 0 Å². The number of benzene rings is 1. The van der Waals surface area contributed by atoms with Gasteiger partial charge in [-0.3, -0.25) is 9.78 Å². The van der Waals surface area contributed by atoms with Crippen LogP contribution in [0.5, 0.6) is 5.75 Å². The van der Waals surface area contributed by atoms with Gasteiger partial charge in [0.15, 0.2) is 0 Å². The molecule has 1 unspecified atom stereocenters. The topological polar surface area (TPSA) is 67.3 Å². The lowest BCUT2D eigenvalue weighted by atomic mass is 10.0. The molecule has 1 amide bonds. The molecule has 6 heteroatoms. The predicted octanol–water partition coefficient (Wildman–Crippen LogP) is 1.83. The first kappa shape index (κ1) is 16.9. The zero-order valence-electron chi connectivity index (χ0n) is 13.9. The fourth-order valence-corrected chi connectivity index (χ4v) is 2.30. The summed E-state index contributed by atoms with van der Waals surface area (Å²) in [5.41, 5.74) is 2.12. The summed E-state index contributed by atoms with van der Waals surface area (Å²) in [5.74, 6) is 0.565. The molecule has 1 atom stereocenters. The second-order valence-electron chi connectivity index (χ2n) is 5.47. The highest BCUT2D eigenvalue weighted by atomic mass is 16.5. The lowest BCUT2D eigenvalue weighted by Crippen LogP contribution is -2.35. The number of hydrogen-bond acceptors (Lipinski definition) is 5. The molecule has 0 fully saturated rings. The number of para-hydroxylation sites is 1. The molecule has 1 heterocycles. The van der Waals surface area contributed by atoms with Crippen LogP contribution in [0.1, 0.15) is 27.8 Å². The molecule has 0 aliphatic heterocycles. The van der Waals surface area contributed by atoms with Crippen LogP contribution in [-0.4, -0.2) is 48.5 Å². The Kier molecular flexibility index (Phi) is 5.65. The summed E-state index contributed by atoms with van der Waals surface area (Å²) in [7, 11) is 5.58. The van der Waals surface area contributed by atoms with E-state index in [-0.39, 0.29) is 11.9 Å². The molecule has 2 rings (SSSR count). The minimum atomic E-state index is -0.237. The predicted molar refractivity (Wildman–Crippen MR) is 88.5 cm³/mol. The summed E-state index contributed by atoms with van der Waals surface area (Å²) >= 11 is 0. The first-order valence-corrected chi connectivity index (χ1v) is 7.39. The minimum absolute atomic E-state index is 0.00601. The van der Waals surface area contributed by atoms with Crippen LogP contribution in [0.2, 0.25) is 0 Å². The van der Waals surface area contributed by atoms with Gasteiger partial charge in [-0.2, -0.15) is 0 Å². The number of rotatable bonds is 6. The van der Waals surface area contributed by atoms with E-state index in [0.717, 1.165) is 17.0 Å². The van der Waals surface area contributed by atoms with Gasteiger partial charge in [0.1, 0.15) is 11.4 Å². The molecular weight excluding hydrogens is 292 g/mol. The Bertz CT molecular complexity index is 656. The first-order valence-electron chi connectivity index (χ1n) is 7.39. The van der Waals surface area contributed by atoms with Gasteiger partial charge >= 0.3 is 0 Å². The standard InChI is InChI=1S/C17H22N4O2/c1-12-9-19-14(10-18-12)17(22)20-11-15(21(2)3)13-7-5-6-8-16(13)23-4/h5-10,15H,11H2,1-4H3,(H,20,22). The van der Waals surface area contributed by atoms with Crippen LogP contribution in [-0.2, 0) is 0 Å². The van der Waals surface area contributed by atoms with Gasteiger partial charge in [0, 0.05) is 18.3 Å². The number of aryl methyl sites for hydroxylation is 1. The van der Waals surface area contributed by atoms with Crippen molar-refractivity contribution in [2.45, 2.75) is 13.0 Å². The Hall–Kier alpha value is -2.47. The highest BCUT2D eigenvalue weighted by molar-refractivity contribution is 5.91. The molecule has 0 spiro atoms. The highest BCUT2D eigenvalue weighted by Gasteiger charge is 2.19. The molecule has 1 aromatic carbocycles. The summed E-state index contributed by atoms with van der Waals surface area (Å²) in [6, 6.07) is 7.80. The third kappa shape index (κ3) is 4.26. The van der Waals surface area contributed by atoms with Crippen molar-refractivity contribution in [3.8, 4) is 5.75 Å². The van der Waals surface area contributed by atoms with E-state index < -0.39 is 0 Å². The normalized spacial score (nSPS) is 12.0. The number of nitrogens with one attached hydrogen (secondary N) is 1. The van der Waals surface area contributed by atoms with Gasteiger partial charge in [-0.1, -0.05) is 18.2 Å². The van der Waals surface area contributed by atoms with Crippen LogP contribution < -0.4 is 10.1 Å². The third-order valence-corrected chi connectivity index (χ3v) is 3.59. The molecule has 6 nitrogen and oxygen atoms in total. The van der Waals surface area contributed by atoms with Crippen LogP contribution in [0.4, 0.5) is 0 Å². The Morgan fingerprint density at radius 1 is 1.26 bits per heavy atom. The van der Waals surface area contributed by atoms with Crippen molar-refractivity contribution in [3.63, 3.8) is 0 Å². The molecule has 0 aliphatic carbocycles. The van der Waals surface area contributed by atoms with E-state index in [1.54, 1.807) is 13.3 Å². The second kappa shape index (κ2) is 7.69. The van der Waals surface area contributed by atoms with Gasteiger partial charge in [-0.25, -0.2) is 4.98 Å². The van der Waals surface area contributed by atoms with E-state index >= 15 is 0 Å². The monoisotopic (exact) mass is 314 g/mol. The van der Waals surface area contributed by atoms with Crippen molar-refractivity contribution >= 4 is 5.91 Å². The van der Waals surface area contributed by atoms with E-state index in [1.807, 2.05) is 50.2 Å². The van der Waals surface area contributed by atoms with Crippen molar-refractivity contribution in [1.29, 1.82) is 0 Å². The molecule has 0 saturated carbocycles. The van der Waals surface area contributed by atoms with Crippen molar-refractivity contribution < 1.29 is 9.53 Å².